The van der Waals surface area contributed by atoms with Crippen molar-refractivity contribution in [3.8, 4) is 0 Å². The van der Waals surface area contributed by atoms with E-state index in [0.29, 0.717) is 16.4 Å². The van der Waals surface area contributed by atoms with Gasteiger partial charge in [0.25, 0.3) is 5.91 Å². The zero-order chi connectivity index (χ0) is 26.7. The lowest BCUT2D eigenvalue weighted by molar-refractivity contribution is -0.228. The predicted molar refractivity (Wildman–Crippen MR) is 151 cm³/mol. The van der Waals surface area contributed by atoms with Crippen molar-refractivity contribution in [2.24, 2.45) is 16.8 Å². The van der Waals surface area contributed by atoms with Crippen molar-refractivity contribution in [2.75, 3.05) is 18.1 Å². The average Bonchev–Trinajstić information content (AvgIpc) is 3.23. The maximum Gasteiger partial charge on any atom is 0.418 e. The fraction of sp³-hybridized carbons (Fsp3) is 0.381. The number of aromatic nitrogens is 1. The van der Waals surface area contributed by atoms with Crippen LogP contribution in [0.2, 0.25) is 0 Å². The fourth-order valence-electron chi connectivity index (χ4n) is 3.32. The molecule has 13 nitrogen and oxygen atoms in total. The number of carbonyl (C=O) groups excluding carboxylic acids is 2. The van der Waals surface area contributed by atoms with Gasteiger partial charge in [0.15, 0.2) is 16.6 Å². The van der Waals surface area contributed by atoms with Crippen molar-refractivity contribution in [3.63, 3.8) is 0 Å². The SMILES string of the molecule is C.CC1(C)C(CC(=O)/C(=N\OCCSc2ccc(C(=N)N)cc2)c2csc(N)n2)C(=O)N1OS(=O)(=O)O.S. The number of carbonyl (C=O) groups is 2. The van der Waals surface area contributed by atoms with Gasteiger partial charge >= 0.3 is 10.4 Å². The van der Waals surface area contributed by atoms with Crippen LogP contribution in [-0.4, -0.2) is 64.2 Å². The number of thioether (sulfide) groups is 1. The van der Waals surface area contributed by atoms with Crippen LogP contribution in [0.15, 0.2) is 39.7 Å². The molecule has 0 saturated carbocycles. The Bertz CT molecular complexity index is 1300. The second-order valence-electron chi connectivity index (χ2n) is 8.10. The van der Waals surface area contributed by atoms with E-state index in [1.807, 2.05) is 12.1 Å². The van der Waals surface area contributed by atoms with Crippen molar-refractivity contribution in [2.45, 2.75) is 38.1 Å². The molecule has 17 heteroatoms. The molecular formula is C21H30N6O7S4. The summed E-state index contributed by atoms with van der Waals surface area (Å²) in [6, 6.07) is 7.12. The number of nitrogens with one attached hydrogen (secondary N) is 1. The van der Waals surface area contributed by atoms with Crippen LogP contribution in [0.5, 0.6) is 0 Å². The number of amidine groups is 1. The zero-order valence-electron chi connectivity index (χ0n) is 19.7. The molecule has 0 radical (unpaired) electrons. The van der Waals surface area contributed by atoms with Gasteiger partial charge in [0, 0.05) is 28.0 Å². The lowest BCUT2D eigenvalue weighted by Gasteiger charge is -2.50. The van der Waals surface area contributed by atoms with Gasteiger partial charge in [-0.15, -0.1) is 27.4 Å². The molecule has 210 valence electrons. The lowest BCUT2D eigenvalue weighted by Crippen LogP contribution is -2.68. The highest BCUT2D eigenvalue weighted by molar-refractivity contribution is 7.99. The number of ketones is 1. The minimum atomic E-state index is -4.90. The molecule has 2 heterocycles. The number of nitrogen functional groups attached to an aromatic ring is 2. The van der Waals surface area contributed by atoms with Crippen LogP contribution in [0.4, 0.5) is 5.13 Å². The quantitative estimate of drug-likeness (QED) is 0.0523. The molecule has 1 aliphatic heterocycles. The van der Waals surface area contributed by atoms with E-state index in [0.717, 1.165) is 16.2 Å². The number of Topliss-reactive ketones (excluding diaryl/α,β-unsaturated/α-hetero) is 1. The average molecular weight is 607 g/mol. The van der Waals surface area contributed by atoms with E-state index < -0.39 is 33.5 Å². The van der Waals surface area contributed by atoms with Crippen LogP contribution in [0.25, 0.3) is 0 Å². The number of thiazole rings is 1. The highest BCUT2D eigenvalue weighted by Crippen LogP contribution is 2.40. The summed E-state index contributed by atoms with van der Waals surface area (Å²) in [5.74, 6) is -1.79. The second-order valence-corrected chi connectivity index (χ2v) is 11.2. The Hall–Kier alpha value is -2.70. The van der Waals surface area contributed by atoms with Gasteiger partial charge in [0.2, 0.25) is 0 Å². The normalized spacial score (nSPS) is 16.6. The molecule has 1 aliphatic rings. The molecule has 1 amide bonds. The Labute approximate surface area is 235 Å². The molecule has 2 aromatic rings. The van der Waals surface area contributed by atoms with Crippen LogP contribution in [0.1, 0.15) is 39.0 Å². The van der Waals surface area contributed by atoms with Crippen molar-refractivity contribution in [1.82, 2.24) is 10.0 Å². The summed E-state index contributed by atoms with van der Waals surface area (Å²) >= 11 is 2.57. The van der Waals surface area contributed by atoms with E-state index >= 15 is 0 Å². The van der Waals surface area contributed by atoms with Gasteiger partial charge in [-0.1, -0.05) is 24.7 Å². The van der Waals surface area contributed by atoms with Crippen LogP contribution in [0, 0.1) is 11.3 Å². The number of β-lactam (4-membered cyclic amide) rings is 1. The first kappa shape index (κ1) is 33.3. The molecule has 38 heavy (non-hydrogen) atoms. The minimum Gasteiger partial charge on any atom is -0.394 e. The van der Waals surface area contributed by atoms with E-state index in [9.17, 15) is 18.0 Å². The van der Waals surface area contributed by atoms with Crippen molar-refractivity contribution in [1.29, 1.82) is 5.41 Å². The molecule has 1 aromatic carbocycles. The van der Waals surface area contributed by atoms with Crippen molar-refractivity contribution in [3.05, 3.63) is 40.9 Å². The number of hydrogen-bond acceptors (Lipinski definition) is 12. The molecule has 1 atom stereocenters. The summed E-state index contributed by atoms with van der Waals surface area (Å²) in [6.45, 7) is 3.14. The molecule has 1 saturated heterocycles. The Morgan fingerprint density at radius 2 is 1.97 bits per heavy atom. The number of oxime groups is 1. The molecule has 0 bridgehead atoms. The predicted octanol–water partition coefficient (Wildman–Crippen LogP) is 2.20. The Kier molecular flexibility index (Phi) is 11.7. The number of anilines is 1. The maximum absolute atomic E-state index is 13.1. The number of hydrogen-bond donors (Lipinski definition) is 4. The molecule has 1 aromatic heterocycles. The van der Waals surface area contributed by atoms with Gasteiger partial charge in [-0.3, -0.25) is 19.6 Å². The molecule has 1 unspecified atom stereocenters. The van der Waals surface area contributed by atoms with Gasteiger partial charge in [0.05, 0.1) is 11.5 Å². The highest BCUT2D eigenvalue weighted by atomic mass is 32.3. The molecular weight excluding hydrogens is 577 g/mol. The van der Waals surface area contributed by atoms with E-state index in [1.165, 1.54) is 31.0 Å². The van der Waals surface area contributed by atoms with Gasteiger partial charge < -0.3 is 16.3 Å². The van der Waals surface area contributed by atoms with Crippen molar-refractivity contribution >= 4 is 75.4 Å². The summed E-state index contributed by atoms with van der Waals surface area (Å²) in [5.41, 5.74) is 10.6. The van der Waals surface area contributed by atoms with E-state index in [-0.39, 0.29) is 56.3 Å². The first-order valence-corrected chi connectivity index (χ1v) is 13.6. The van der Waals surface area contributed by atoms with E-state index in [4.69, 9.17) is 26.3 Å². The Balaban J connectivity index is 0.00000361. The van der Waals surface area contributed by atoms with Crippen LogP contribution < -0.4 is 11.5 Å². The van der Waals surface area contributed by atoms with Gasteiger partial charge in [-0.25, -0.2) is 4.98 Å². The van der Waals surface area contributed by atoms with Gasteiger partial charge in [-0.05, 0) is 26.0 Å². The number of hydroxylamine groups is 2. The number of nitrogens with zero attached hydrogens (tertiary/aromatic N) is 3. The Morgan fingerprint density at radius 3 is 2.47 bits per heavy atom. The molecule has 0 aliphatic carbocycles. The smallest absolute Gasteiger partial charge is 0.394 e. The fourth-order valence-corrected chi connectivity index (χ4v) is 5.05. The summed E-state index contributed by atoms with van der Waals surface area (Å²) < 4.78 is 35.2. The summed E-state index contributed by atoms with van der Waals surface area (Å²) in [5, 5.41) is 13.6. The topological polar surface area (TPSA) is 211 Å². The standard InChI is InChI=1S/C20H24N6O7S3.CH4.H2S/c1-20(2)13(18(28)26(20)33-36(29,30)31)9-15(27)16(14-10-35-19(23)24-14)25-32-7-8-34-12-5-3-11(4-6-12)17(21)22;;/h3-6,10,13H,7-9H2,1-2H3,(H3,21,22)(H2,23,24)(H,29,30,31);1H4;1H2/b25-16-;;. The number of amides is 1. The van der Waals surface area contributed by atoms with Crippen LogP contribution in [-0.2, 0) is 29.1 Å². The van der Waals surface area contributed by atoms with Crippen LogP contribution >= 0.6 is 36.6 Å². The number of benzene rings is 1. The largest absolute Gasteiger partial charge is 0.418 e. The van der Waals surface area contributed by atoms with Crippen LogP contribution in [0.3, 0.4) is 0 Å². The van der Waals surface area contributed by atoms with E-state index in [1.54, 1.807) is 12.1 Å². The summed E-state index contributed by atoms with van der Waals surface area (Å²) in [4.78, 5) is 35.8. The summed E-state index contributed by atoms with van der Waals surface area (Å²) in [7, 11) is -4.90. The van der Waals surface area contributed by atoms with Crippen molar-refractivity contribution < 1.29 is 31.7 Å². The third-order valence-electron chi connectivity index (χ3n) is 5.23. The summed E-state index contributed by atoms with van der Waals surface area (Å²) in [6.07, 6.45) is -0.325. The molecule has 3 rings (SSSR count). The zero-order valence-corrected chi connectivity index (χ0v) is 23.2. The van der Waals surface area contributed by atoms with Gasteiger partial charge in [-0.2, -0.15) is 27.0 Å². The minimum absolute atomic E-state index is 0. The Morgan fingerprint density at radius 1 is 1.34 bits per heavy atom. The number of nitrogens with two attached hydrogens (primary N) is 2. The molecule has 1 fully saturated rings. The third kappa shape index (κ3) is 8.15. The lowest BCUT2D eigenvalue weighted by atomic mass is 9.74. The molecule has 6 N–H and O–H groups in total. The highest BCUT2D eigenvalue weighted by Gasteiger charge is 2.57. The second kappa shape index (κ2) is 13.4. The first-order chi connectivity index (χ1) is 16.8. The van der Waals surface area contributed by atoms with E-state index in [2.05, 4.69) is 14.4 Å². The monoisotopic (exact) mass is 606 g/mol. The third-order valence-corrected chi connectivity index (χ3v) is 7.21. The number of rotatable bonds is 12. The van der Waals surface area contributed by atoms with Gasteiger partial charge in [0.1, 0.15) is 18.1 Å². The molecule has 0 spiro atoms. The maximum atomic E-state index is 13.1. The first-order valence-electron chi connectivity index (χ1n) is 10.3.